The van der Waals surface area contributed by atoms with Crippen LogP contribution >= 0.6 is 24.0 Å². The van der Waals surface area contributed by atoms with Gasteiger partial charge in [-0.3, -0.25) is 4.99 Å². The Kier molecular flexibility index (Phi) is 6.36. The molecule has 0 saturated carbocycles. The van der Waals surface area contributed by atoms with Crippen molar-refractivity contribution >= 4 is 35.6 Å². The summed E-state index contributed by atoms with van der Waals surface area (Å²) in [5.41, 5.74) is 6.13. The molecule has 6 heteroatoms. The number of hydrogen-bond donors (Lipinski definition) is 2. The fourth-order valence-electron chi connectivity index (χ4n) is 3.60. The molecule has 0 amide bonds. The number of guanidine groups is 1. The van der Waals surface area contributed by atoms with Crippen molar-refractivity contribution in [2.75, 3.05) is 7.05 Å². The van der Waals surface area contributed by atoms with E-state index in [4.69, 9.17) is 0 Å². The van der Waals surface area contributed by atoms with Crippen LogP contribution in [-0.4, -0.2) is 28.4 Å². The highest BCUT2D eigenvalue weighted by atomic mass is 127. The van der Waals surface area contributed by atoms with E-state index >= 15 is 0 Å². The Bertz CT molecular complexity index is 947. The lowest BCUT2D eigenvalue weighted by Crippen LogP contribution is -2.45. The van der Waals surface area contributed by atoms with Crippen LogP contribution in [0.3, 0.4) is 0 Å². The molecule has 1 atom stereocenters. The predicted octanol–water partition coefficient (Wildman–Crippen LogP) is 3.48. The fourth-order valence-corrected chi connectivity index (χ4v) is 3.60. The van der Waals surface area contributed by atoms with Crippen molar-refractivity contribution in [1.29, 1.82) is 0 Å². The van der Waals surface area contributed by atoms with Gasteiger partial charge in [-0.2, -0.15) is 0 Å². The lowest BCUT2D eigenvalue weighted by Gasteiger charge is -2.27. The first-order chi connectivity index (χ1) is 12.7. The SMILES string of the molecule is CN=C(NCc1cn2ccc(C)cc2n1)NC1CCc2ccccc2C1.I. The average molecular weight is 475 g/mol. The molecule has 1 unspecified atom stereocenters. The van der Waals surface area contributed by atoms with Gasteiger partial charge in [0.2, 0.25) is 0 Å². The fraction of sp³-hybridized carbons (Fsp3) is 0.333. The average Bonchev–Trinajstić information content (AvgIpc) is 3.07. The highest BCUT2D eigenvalue weighted by Crippen LogP contribution is 2.20. The lowest BCUT2D eigenvalue weighted by atomic mass is 9.88. The summed E-state index contributed by atoms with van der Waals surface area (Å²) >= 11 is 0. The molecule has 0 bridgehead atoms. The molecule has 0 spiro atoms. The third-order valence-electron chi connectivity index (χ3n) is 5.01. The molecular weight excluding hydrogens is 449 g/mol. The summed E-state index contributed by atoms with van der Waals surface area (Å²) in [6, 6.07) is 13.3. The van der Waals surface area contributed by atoms with Gasteiger partial charge in [0.15, 0.2) is 5.96 Å². The second-order valence-corrected chi connectivity index (χ2v) is 6.98. The Hall–Kier alpha value is -2.09. The number of benzene rings is 1. The zero-order valence-corrected chi connectivity index (χ0v) is 18.1. The van der Waals surface area contributed by atoms with Crippen LogP contribution in [0, 0.1) is 6.92 Å². The lowest BCUT2D eigenvalue weighted by molar-refractivity contribution is 0.520. The molecule has 1 aliphatic carbocycles. The number of aliphatic imine (C=N–C) groups is 1. The van der Waals surface area contributed by atoms with Crippen molar-refractivity contribution in [2.45, 2.75) is 38.8 Å². The normalized spacial score (nSPS) is 16.5. The molecule has 4 rings (SSSR count). The van der Waals surface area contributed by atoms with Crippen molar-refractivity contribution in [3.63, 3.8) is 0 Å². The Labute approximate surface area is 177 Å². The summed E-state index contributed by atoms with van der Waals surface area (Å²) in [7, 11) is 1.82. The van der Waals surface area contributed by atoms with E-state index in [0.29, 0.717) is 12.6 Å². The van der Waals surface area contributed by atoms with Crippen LogP contribution in [0.1, 0.15) is 28.8 Å². The summed E-state index contributed by atoms with van der Waals surface area (Å²) in [4.78, 5) is 9.06. The van der Waals surface area contributed by atoms with Gasteiger partial charge in [0, 0.05) is 25.5 Å². The highest BCUT2D eigenvalue weighted by Gasteiger charge is 2.19. The van der Waals surface area contributed by atoms with E-state index in [1.807, 2.05) is 13.2 Å². The number of imidazole rings is 1. The second kappa shape index (κ2) is 8.73. The molecule has 2 aromatic heterocycles. The number of nitrogens with zero attached hydrogens (tertiary/aromatic N) is 3. The Morgan fingerprint density at radius 2 is 2.07 bits per heavy atom. The molecule has 0 saturated heterocycles. The number of pyridine rings is 1. The Morgan fingerprint density at radius 1 is 1.26 bits per heavy atom. The van der Waals surface area contributed by atoms with Gasteiger partial charge in [-0.05, 0) is 55.0 Å². The van der Waals surface area contributed by atoms with Gasteiger partial charge in [0.25, 0.3) is 0 Å². The summed E-state index contributed by atoms with van der Waals surface area (Å²) in [5, 5.41) is 6.96. The van der Waals surface area contributed by atoms with Gasteiger partial charge in [-0.15, -0.1) is 24.0 Å². The minimum absolute atomic E-state index is 0. The Morgan fingerprint density at radius 3 is 2.89 bits per heavy atom. The molecule has 0 radical (unpaired) electrons. The highest BCUT2D eigenvalue weighted by molar-refractivity contribution is 14.0. The van der Waals surface area contributed by atoms with Crippen LogP contribution < -0.4 is 10.6 Å². The zero-order chi connectivity index (χ0) is 17.9. The van der Waals surface area contributed by atoms with E-state index in [-0.39, 0.29) is 24.0 Å². The van der Waals surface area contributed by atoms with Crippen molar-refractivity contribution in [1.82, 2.24) is 20.0 Å². The van der Waals surface area contributed by atoms with Gasteiger partial charge in [-0.1, -0.05) is 24.3 Å². The molecule has 142 valence electrons. The maximum atomic E-state index is 4.67. The summed E-state index contributed by atoms with van der Waals surface area (Å²) in [5.74, 6) is 0.836. The van der Waals surface area contributed by atoms with Crippen LogP contribution in [0.5, 0.6) is 0 Å². The monoisotopic (exact) mass is 475 g/mol. The van der Waals surface area contributed by atoms with Crippen LogP contribution in [0.4, 0.5) is 0 Å². The summed E-state index contributed by atoms with van der Waals surface area (Å²) in [6.07, 6.45) is 7.41. The van der Waals surface area contributed by atoms with E-state index in [1.165, 1.54) is 16.7 Å². The molecule has 1 aromatic carbocycles. The third kappa shape index (κ3) is 4.61. The maximum absolute atomic E-state index is 4.67. The van der Waals surface area contributed by atoms with Gasteiger partial charge < -0.3 is 15.0 Å². The summed E-state index contributed by atoms with van der Waals surface area (Å²) < 4.78 is 2.05. The first-order valence-electron chi connectivity index (χ1n) is 9.19. The number of hydrogen-bond acceptors (Lipinski definition) is 2. The minimum Gasteiger partial charge on any atom is -0.353 e. The molecule has 0 fully saturated rings. The predicted molar refractivity (Wildman–Crippen MR) is 121 cm³/mol. The van der Waals surface area contributed by atoms with E-state index < -0.39 is 0 Å². The van der Waals surface area contributed by atoms with Crippen LogP contribution in [0.2, 0.25) is 0 Å². The van der Waals surface area contributed by atoms with E-state index in [9.17, 15) is 0 Å². The first-order valence-corrected chi connectivity index (χ1v) is 9.19. The van der Waals surface area contributed by atoms with Crippen LogP contribution in [-0.2, 0) is 19.4 Å². The molecule has 5 nitrogen and oxygen atoms in total. The molecule has 2 N–H and O–H groups in total. The van der Waals surface area contributed by atoms with E-state index in [2.05, 4.69) is 74.5 Å². The minimum atomic E-state index is 0. The third-order valence-corrected chi connectivity index (χ3v) is 5.01. The van der Waals surface area contributed by atoms with Crippen molar-refractivity contribution < 1.29 is 0 Å². The van der Waals surface area contributed by atoms with Gasteiger partial charge >= 0.3 is 0 Å². The van der Waals surface area contributed by atoms with Crippen molar-refractivity contribution in [3.8, 4) is 0 Å². The van der Waals surface area contributed by atoms with E-state index in [0.717, 1.165) is 36.6 Å². The standard InChI is InChI=1S/C21H25N5.HI/c1-15-9-10-26-14-19(24-20(26)11-15)13-23-21(22-2)25-18-8-7-16-5-3-4-6-17(16)12-18;/h3-6,9-11,14,18H,7-8,12-13H2,1-2H3,(H2,22,23,25);1H. The smallest absolute Gasteiger partial charge is 0.191 e. The number of nitrogens with one attached hydrogen (secondary N) is 2. The molecule has 2 heterocycles. The van der Waals surface area contributed by atoms with E-state index in [1.54, 1.807) is 0 Å². The van der Waals surface area contributed by atoms with Gasteiger partial charge in [0.1, 0.15) is 5.65 Å². The van der Waals surface area contributed by atoms with Gasteiger partial charge in [0.05, 0.1) is 12.2 Å². The maximum Gasteiger partial charge on any atom is 0.191 e. The number of aromatic nitrogens is 2. The quantitative estimate of drug-likeness (QED) is 0.347. The zero-order valence-electron chi connectivity index (χ0n) is 15.8. The number of halogens is 1. The Balaban J connectivity index is 0.00000210. The summed E-state index contributed by atoms with van der Waals surface area (Å²) in [6.45, 7) is 2.74. The van der Waals surface area contributed by atoms with Crippen molar-refractivity contribution in [2.24, 2.45) is 4.99 Å². The van der Waals surface area contributed by atoms with Crippen LogP contribution in [0.25, 0.3) is 5.65 Å². The second-order valence-electron chi connectivity index (χ2n) is 6.98. The molecule has 1 aliphatic rings. The van der Waals surface area contributed by atoms with Gasteiger partial charge in [-0.25, -0.2) is 4.98 Å². The van der Waals surface area contributed by atoms with Crippen LogP contribution in [0.15, 0.2) is 53.8 Å². The number of aryl methyl sites for hydroxylation is 2. The largest absolute Gasteiger partial charge is 0.353 e. The molecular formula is C21H26IN5. The first kappa shape index (κ1) is 19.7. The topological polar surface area (TPSA) is 53.7 Å². The molecule has 27 heavy (non-hydrogen) atoms. The number of rotatable bonds is 3. The van der Waals surface area contributed by atoms with Crippen molar-refractivity contribution in [3.05, 3.63) is 71.2 Å². The molecule has 0 aliphatic heterocycles. The molecule has 3 aromatic rings. The number of fused-ring (bicyclic) bond motifs is 2.